The Bertz CT molecular complexity index is 494. The Labute approximate surface area is 91.5 Å². The molecule has 0 aliphatic carbocycles. The first-order valence-corrected chi connectivity index (χ1v) is 4.63. The number of nitrogens with one attached hydrogen (secondary N) is 1. The van der Waals surface area contributed by atoms with E-state index in [-0.39, 0.29) is 0 Å². The second-order valence-electron chi connectivity index (χ2n) is 3.52. The van der Waals surface area contributed by atoms with E-state index in [1.54, 1.807) is 6.92 Å². The van der Waals surface area contributed by atoms with Crippen LogP contribution in [0.25, 0.3) is 5.70 Å². The molecule has 5 N–H and O–H groups in total. The first-order chi connectivity index (χ1) is 7.50. The lowest BCUT2D eigenvalue weighted by atomic mass is 10.1. The van der Waals surface area contributed by atoms with E-state index in [9.17, 15) is 9.18 Å². The molecule has 2 rings (SSSR count). The topological polar surface area (TPSA) is 84.4 Å². The maximum Gasteiger partial charge on any atom is 0.340 e. The Morgan fingerprint density at radius 2 is 2.19 bits per heavy atom. The van der Waals surface area contributed by atoms with Crippen LogP contribution in [0.1, 0.15) is 12.5 Å². The van der Waals surface area contributed by atoms with E-state index >= 15 is 0 Å². The summed E-state index contributed by atoms with van der Waals surface area (Å²) in [5, 5.41) is 3.40. The summed E-state index contributed by atoms with van der Waals surface area (Å²) in [4.78, 5) is 11.5. The van der Waals surface area contributed by atoms with Crippen LogP contribution in [0.15, 0.2) is 23.9 Å². The van der Waals surface area contributed by atoms with Crippen molar-refractivity contribution in [3.05, 3.63) is 35.3 Å². The number of nitrogens with zero attached hydrogens (tertiary/aromatic N) is 1. The number of fused-ring (bicyclic) bond motifs is 1. The molecule has 0 radical (unpaired) electrons. The summed E-state index contributed by atoms with van der Waals surface area (Å²) in [5.41, 5.74) is 7.28. The fourth-order valence-electron chi connectivity index (χ4n) is 1.63. The van der Waals surface area contributed by atoms with E-state index in [2.05, 4.69) is 5.32 Å². The molecule has 0 saturated heterocycles. The van der Waals surface area contributed by atoms with Gasteiger partial charge in [-0.05, 0) is 25.1 Å². The minimum absolute atomic E-state index is 0.318. The predicted octanol–water partition coefficient (Wildman–Crippen LogP) is 1.19. The minimum atomic E-state index is -0.501. The number of hydrazine groups is 1. The van der Waals surface area contributed by atoms with E-state index in [1.807, 2.05) is 0 Å². The molecule has 2 amide bonds. The third-order valence-corrected chi connectivity index (χ3v) is 2.31. The number of hydrogen-bond acceptors (Lipinski definition) is 3. The Hall–Kier alpha value is -2.08. The molecule has 1 aliphatic rings. The summed E-state index contributed by atoms with van der Waals surface area (Å²) >= 11 is 0. The lowest BCUT2D eigenvalue weighted by Gasteiger charge is -2.28. The largest absolute Gasteiger partial charge is 0.401 e. The van der Waals surface area contributed by atoms with E-state index in [4.69, 9.17) is 11.6 Å². The summed E-state index contributed by atoms with van der Waals surface area (Å²) in [6.07, 6.45) is 0. The number of hydrogen-bond donors (Lipinski definition) is 3. The highest BCUT2D eigenvalue weighted by Crippen LogP contribution is 2.31. The minimum Gasteiger partial charge on any atom is -0.401 e. The van der Waals surface area contributed by atoms with Crippen molar-refractivity contribution < 1.29 is 9.18 Å². The van der Waals surface area contributed by atoms with Crippen LogP contribution in [-0.4, -0.2) is 11.0 Å². The second kappa shape index (κ2) is 3.49. The molecular formula is C10H11FN4O. The van der Waals surface area contributed by atoms with Crippen LogP contribution in [0.3, 0.4) is 0 Å². The summed E-state index contributed by atoms with van der Waals surface area (Å²) < 4.78 is 13.1. The van der Waals surface area contributed by atoms with Crippen LogP contribution in [0.5, 0.6) is 0 Å². The molecule has 0 aromatic heterocycles. The van der Waals surface area contributed by atoms with Crippen molar-refractivity contribution >= 4 is 17.4 Å². The van der Waals surface area contributed by atoms with Gasteiger partial charge < -0.3 is 11.1 Å². The SMILES string of the molecule is C/C(N)=C1\c2cc(F)ccc2NC(=O)N1N. The molecule has 5 nitrogen and oxygen atoms in total. The number of benzene rings is 1. The summed E-state index contributed by atoms with van der Waals surface area (Å²) in [6.45, 7) is 1.60. The van der Waals surface area contributed by atoms with Crippen molar-refractivity contribution in [2.45, 2.75) is 6.92 Å². The van der Waals surface area contributed by atoms with E-state index in [0.717, 1.165) is 5.01 Å². The number of rotatable bonds is 0. The van der Waals surface area contributed by atoms with Crippen LogP contribution in [-0.2, 0) is 0 Å². The number of allylic oxidation sites excluding steroid dienone is 1. The molecule has 1 aromatic rings. The third-order valence-electron chi connectivity index (χ3n) is 2.31. The third kappa shape index (κ3) is 1.49. The molecule has 0 bridgehead atoms. The molecule has 0 atom stereocenters. The smallest absolute Gasteiger partial charge is 0.340 e. The molecule has 0 saturated carbocycles. The molecule has 1 aromatic carbocycles. The van der Waals surface area contributed by atoms with Crippen LogP contribution >= 0.6 is 0 Å². The Kier molecular flexibility index (Phi) is 2.28. The Morgan fingerprint density at radius 1 is 1.50 bits per heavy atom. The van der Waals surface area contributed by atoms with Crippen LogP contribution in [0.2, 0.25) is 0 Å². The van der Waals surface area contributed by atoms with Gasteiger partial charge in [0, 0.05) is 11.3 Å². The van der Waals surface area contributed by atoms with E-state index < -0.39 is 11.8 Å². The van der Waals surface area contributed by atoms with Crippen molar-refractivity contribution in [2.75, 3.05) is 5.32 Å². The van der Waals surface area contributed by atoms with Gasteiger partial charge in [-0.1, -0.05) is 0 Å². The maximum absolute atomic E-state index is 13.1. The molecular weight excluding hydrogens is 211 g/mol. The van der Waals surface area contributed by atoms with E-state index in [1.165, 1.54) is 18.2 Å². The number of carbonyl (C=O) groups is 1. The highest BCUT2D eigenvalue weighted by Gasteiger charge is 2.26. The Morgan fingerprint density at radius 3 is 2.81 bits per heavy atom. The van der Waals surface area contributed by atoms with Gasteiger partial charge in [0.05, 0.1) is 11.4 Å². The number of anilines is 1. The fraction of sp³-hybridized carbons (Fsp3) is 0.100. The lowest BCUT2D eigenvalue weighted by Crippen LogP contribution is -2.43. The predicted molar refractivity (Wildman–Crippen MR) is 58.2 cm³/mol. The van der Waals surface area contributed by atoms with Gasteiger partial charge in [0.25, 0.3) is 0 Å². The van der Waals surface area contributed by atoms with Gasteiger partial charge in [0.15, 0.2) is 0 Å². The Balaban J connectivity index is 2.68. The number of carbonyl (C=O) groups excluding carboxylic acids is 1. The van der Waals surface area contributed by atoms with Gasteiger partial charge in [-0.15, -0.1) is 0 Å². The fourth-order valence-corrected chi connectivity index (χ4v) is 1.63. The molecule has 0 unspecified atom stereocenters. The average Bonchev–Trinajstić information content (AvgIpc) is 2.20. The van der Waals surface area contributed by atoms with Crippen molar-refractivity contribution in [1.29, 1.82) is 0 Å². The second-order valence-corrected chi connectivity index (χ2v) is 3.52. The average molecular weight is 222 g/mol. The maximum atomic E-state index is 13.1. The normalized spacial score (nSPS) is 17.9. The molecule has 6 heteroatoms. The lowest BCUT2D eigenvalue weighted by molar-refractivity contribution is 0.231. The van der Waals surface area contributed by atoms with Crippen molar-refractivity contribution in [2.24, 2.45) is 11.6 Å². The number of halogens is 1. The first kappa shape index (κ1) is 10.4. The summed E-state index contributed by atoms with van der Waals surface area (Å²) in [5.74, 6) is 5.13. The van der Waals surface area contributed by atoms with Crippen LogP contribution < -0.4 is 16.9 Å². The summed E-state index contributed by atoms with van der Waals surface area (Å²) in [6, 6.07) is 3.51. The quantitative estimate of drug-likeness (QED) is 0.455. The molecule has 16 heavy (non-hydrogen) atoms. The first-order valence-electron chi connectivity index (χ1n) is 4.63. The van der Waals surface area contributed by atoms with Crippen molar-refractivity contribution in [3.8, 4) is 0 Å². The zero-order valence-corrected chi connectivity index (χ0v) is 8.62. The van der Waals surface area contributed by atoms with Gasteiger partial charge in [-0.25, -0.2) is 20.0 Å². The van der Waals surface area contributed by atoms with Crippen molar-refractivity contribution in [3.63, 3.8) is 0 Å². The van der Waals surface area contributed by atoms with E-state index in [0.29, 0.717) is 22.6 Å². The standard InChI is InChI=1S/C10H11FN4O/c1-5(12)9-7-4-6(11)2-3-8(7)14-10(16)15(9)13/h2-4H,12-13H2,1H3,(H,14,16)/b9-5-. The molecule has 1 aliphatic heterocycles. The molecule has 84 valence electrons. The highest BCUT2D eigenvalue weighted by atomic mass is 19.1. The number of urea groups is 1. The molecule has 0 spiro atoms. The molecule has 1 heterocycles. The van der Waals surface area contributed by atoms with Gasteiger partial charge in [0.1, 0.15) is 5.82 Å². The summed E-state index contributed by atoms with van der Waals surface area (Å²) in [7, 11) is 0. The zero-order valence-electron chi connectivity index (χ0n) is 8.62. The zero-order chi connectivity index (χ0) is 11.9. The molecule has 0 fully saturated rings. The number of amides is 2. The highest BCUT2D eigenvalue weighted by molar-refractivity contribution is 6.02. The van der Waals surface area contributed by atoms with Gasteiger partial charge in [-0.3, -0.25) is 0 Å². The van der Waals surface area contributed by atoms with Gasteiger partial charge >= 0.3 is 6.03 Å². The van der Waals surface area contributed by atoms with Gasteiger partial charge in [0.2, 0.25) is 0 Å². The van der Waals surface area contributed by atoms with Gasteiger partial charge in [-0.2, -0.15) is 0 Å². The van der Waals surface area contributed by atoms with Crippen LogP contribution in [0, 0.1) is 5.82 Å². The van der Waals surface area contributed by atoms with Crippen LogP contribution in [0.4, 0.5) is 14.9 Å². The monoisotopic (exact) mass is 222 g/mol. The van der Waals surface area contributed by atoms with Crippen molar-refractivity contribution in [1.82, 2.24) is 5.01 Å². The number of nitrogens with two attached hydrogens (primary N) is 2.